The zero-order valence-electron chi connectivity index (χ0n) is 13.1. The Morgan fingerprint density at radius 2 is 2.04 bits per heavy atom. The zero-order chi connectivity index (χ0) is 17.2. The van der Waals surface area contributed by atoms with Crippen LogP contribution in [0.3, 0.4) is 0 Å². The maximum Gasteiger partial charge on any atom is 0.308 e. The summed E-state index contributed by atoms with van der Waals surface area (Å²) in [5.41, 5.74) is 1.40. The number of aliphatic carboxylic acids is 1. The van der Waals surface area contributed by atoms with Crippen molar-refractivity contribution >= 4 is 27.6 Å². The van der Waals surface area contributed by atoms with E-state index in [4.69, 9.17) is 5.11 Å². The molecule has 8 heteroatoms. The highest BCUT2D eigenvalue weighted by atomic mass is 32.2. The van der Waals surface area contributed by atoms with Crippen LogP contribution in [-0.2, 0) is 14.8 Å². The minimum atomic E-state index is -3.44. The van der Waals surface area contributed by atoms with Gasteiger partial charge in [0.1, 0.15) is 0 Å². The number of rotatable bonds is 4. The molecular weight excluding hydrogens is 320 g/mol. The van der Waals surface area contributed by atoms with Gasteiger partial charge < -0.3 is 10.0 Å². The van der Waals surface area contributed by atoms with Gasteiger partial charge in [-0.3, -0.25) is 14.3 Å². The van der Waals surface area contributed by atoms with Gasteiger partial charge in [-0.2, -0.15) is 0 Å². The maximum absolute atomic E-state index is 12.6. The largest absolute Gasteiger partial charge is 0.481 e. The molecule has 0 aliphatic carbocycles. The third-order valence-electron chi connectivity index (χ3n) is 3.84. The number of piperidine rings is 1. The first kappa shape index (κ1) is 17.3. The smallest absolute Gasteiger partial charge is 0.308 e. The second-order valence-electron chi connectivity index (χ2n) is 5.83. The maximum atomic E-state index is 12.6. The van der Waals surface area contributed by atoms with Gasteiger partial charge >= 0.3 is 5.97 Å². The second-order valence-corrected chi connectivity index (χ2v) is 7.58. The van der Waals surface area contributed by atoms with Crippen LogP contribution in [0.4, 0.5) is 5.69 Å². The molecule has 2 N–H and O–H groups in total. The molecule has 0 bridgehead atoms. The molecule has 1 fully saturated rings. The van der Waals surface area contributed by atoms with E-state index in [1.165, 1.54) is 11.0 Å². The predicted molar refractivity (Wildman–Crippen MR) is 85.9 cm³/mol. The summed E-state index contributed by atoms with van der Waals surface area (Å²) in [6.45, 7) is 2.42. The number of aryl methyl sites for hydroxylation is 1. The number of anilines is 1. The highest BCUT2D eigenvalue weighted by molar-refractivity contribution is 7.92. The number of benzene rings is 1. The summed E-state index contributed by atoms with van der Waals surface area (Å²) < 4.78 is 25.1. The molecule has 1 saturated heterocycles. The van der Waals surface area contributed by atoms with Gasteiger partial charge in [-0.05, 0) is 37.5 Å². The summed E-state index contributed by atoms with van der Waals surface area (Å²) in [6, 6.07) is 4.78. The number of carbonyl (C=O) groups excluding carboxylic acids is 1. The van der Waals surface area contributed by atoms with Crippen LogP contribution in [0.25, 0.3) is 0 Å². The summed E-state index contributed by atoms with van der Waals surface area (Å²) in [5, 5.41) is 9.10. The van der Waals surface area contributed by atoms with Crippen molar-refractivity contribution in [3.8, 4) is 0 Å². The summed E-state index contributed by atoms with van der Waals surface area (Å²) >= 11 is 0. The lowest BCUT2D eigenvalue weighted by molar-refractivity contribution is -0.143. The summed E-state index contributed by atoms with van der Waals surface area (Å²) in [5.74, 6) is -1.73. The molecule has 23 heavy (non-hydrogen) atoms. The van der Waals surface area contributed by atoms with E-state index in [9.17, 15) is 18.0 Å². The first-order valence-corrected chi connectivity index (χ1v) is 9.17. The molecule has 0 unspecified atom stereocenters. The molecule has 0 saturated carbocycles. The first-order chi connectivity index (χ1) is 10.7. The minimum absolute atomic E-state index is 0.177. The van der Waals surface area contributed by atoms with Gasteiger partial charge in [0.05, 0.1) is 17.9 Å². The highest BCUT2D eigenvalue weighted by Gasteiger charge is 2.28. The number of carboxylic acids is 1. The lowest BCUT2D eigenvalue weighted by Crippen LogP contribution is -2.42. The molecule has 0 aromatic heterocycles. The molecule has 1 aromatic carbocycles. The number of nitrogens with zero attached hydrogens (tertiary/aromatic N) is 1. The lowest BCUT2D eigenvalue weighted by Gasteiger charge is -2.31. The Balaban J connectivity index is 2.22. The van der Waals surface area contributed by atoms with Gasteiger partial charge in [0.2, 0.25) is 10.0 Å². The zero-order valence-corrected chi connectivity index (χ0v) is 13.9. The van der Waals surface area contributed by atoms with Crippen molar-refractivity contribution in [1.82, 2.24) is 4.90 Å². The van der Waals surface area contributed by atoms with E-state index in [1.54, 1.807) is 19.1 Å². The van der Waals surface area contributed by atoms with E-state index in [2.05, 4.69) is 4.72 Å². The number of hydrogen-bond donors (Lipinski definition) is 2. The Morgan fingerprint density at radius 1 is 1.35 bits per heavy atom. The van der Waals surface area contributed by atoms with Crippen LogP contribution in [0.2, 0.25) is 0 Å². The Labute approximate surface area is 135 Å². The van der Waals surface area contributed by atoms with Crippen LogP contribution in [0, 0.1) is 12.8 Å². The minimum Gasteiger partial charge on any atom is -0.481 e. The van der Waals surface area contributed by atoms with Gasteiger partial charge in [0, 0.05) is 18.7 Å². The monoisotopic (exact) mass is 340 g/mol. The number of likely N-dealkylation sites (tertiary alicyclic amines) is 1. The third kappa shape index (κ3) is 4.44. The van der Waals surface area contributed by atoms with E-state index < -0.39 is 21.9 Å². The van der Waals surface area contributed by atoms with Crippen molar-refractivity contribution in [2.24, 2.45) is 5.92 Å². The third-order valence-corrected chi connectivity index (χ3v) is 4.43. The van der Waals surface area contributed by atoms with E-state index in [0.29, 0.717) is 36.2 Å². The number of sulfonamides is 1. The predicted octanol–water partition coefficient (Wildman–Crippen LogP) is 1.30. The number of carbonyl (C=O) groups is 2. The average Bonchev–Trinajstić information content (AvgIpc) is 2.47. The number of hydrogen-bond acceptors (Lipinski definition) is 4. The molecule has 126 valence electrons. The molecule has 1 amide bonds. The standard InChI is InChI=1S/C15H20N2O5S/c1-10-5-6-11(8-13(10)16-23(2,21)22)14(18)17-7-3-4-12(9-17)15(19)20/h5-6,8,12,16H,3-4,7,9H2,1-2H3,(H,19,20)/t12-/m0/s1. The van der Waals surface area contributed by atoms with Crippen LogP contribution < -0.4 is 4.72 Å². The van der Waals surface area contributed by atoms with E-state index in [0.717, 1.165) is 6.26 Å². The van der Waals surface area contributed by atoms with Crippen molar-refractivity contribution in [2.75, 3.05) is 24.1 Å². The van der Waals surface area contributed by atoms with Crippen molar-refractivity contribution in [2.45, 2.75) is 19.8 Å². The summed E-state index contributed by atoms with van der Waals surface area (Å²) in [7, 11) is -3.44. The van der Waals surface area contributed by atoms with Crippen molar-refractivity contribution < 1.29 is 23.1 Å². The van der Waals surface area contributed by atoms with Crippen LogP contribution in [0.1, 0.15) is 28.8 Å². The van der Waals surface area contributed by atoms with Crippen LogP contribution in [-0.4, -0.2) is 49.6 Å². The Morgan fingerprint density at radius 3 is 2.65 bits per heavy atom. The van der Waals surface area contributed by atoms with Crippen LogP contribution >= 0.6 is 0 Å². The Kier molecular flexibility index (Phi) is 4.93. The lowest BCUT2D eigenvalue weighted by atomic mass is 9.97. The average molecular weight is 340 g/mol. The molecule has 1 aliphatic heterocycles. The number of carboxylic acid groups (broad SMARTS) is 1. The van der Waals surface area contributed by atoms with Crippen molar-refractivity contribution in [3.63, 3.8) is 0 Å². The second kappa shape index (κ2) is 6.57. The van der Waals surface area contributed by atoms with Gasteiger partial charge in [-0.15, -0.1) is 0 Å². The molecule has 0 radical (unpaired) electrons. The van der Waals surface area contributed by atoms with Gasteiger partial charge in [-0.1, -0.05) is 6.07 Å². The molecule has 1 heterocycles. The van der Waals surface area contributed by atoms with Gasteiger partial charge in [-0.25, -0.2) is 8.42 Å². The van der Waals surface area contributed by atoms with Crippen molar-refractivity contribution in [1.29, 1.82) is 0 Å². The van der Waals surface area contributed by atoms with Crippen molar-refractivity contribution in [3.05, 3.63) is 29.3 Å². The van der Waals surface area contributed by atoms with Crippen LogP contribution in [0.15, 0.2) is 18.2 Å². The Hall–Kier alpha value is -2.09. The fourth-order valence-corrected chi connectivity index (χ4v) is 3.23. The fraction of sp³-hybridized carbons (Fsp3) is 0.467. The van der Waals surface area contributed by atoms with E-state index in [1.807, 2.05) is 0 Å². The molecule has 1 atom stereocenters. The first-order valence-electron chi connectivity index (χ1n) is 7.28. The Bertz CT molecular complexity index is 729. The van der Waals surface area contributed by atoms with Gasteiger partial charge in [0.25, 0.3) is 5.91 Å². The van der Waals surface area contributed by atoms with E-state index in [-0.39, 0.29) is 12.5 Å². The quantitative estimate of drug-likeness (QED) is 0.860. The molecule has 1 aliphatic rings. The summed E-state index contributed by atoms with van der Waals surface area (Å²) in [6.07, 6.45) is 2.25. The molecule has 7 nitrogen and oxygen atoms in total. The molecule has 2 rings (SSSR count). The molecule has 0 spiro atoms. The molecule has 1 aromatic rings. The topological polar surface area (TPSA) is 104 Å². The highest BCUT2D eigenvalue weighted by Crippen LogP contribution is 2.22. The fourth-order valence-electron chi connectivity index (χ4n) is 2.61. The normalized spacial score (nSPS) is 18.5. The van der Waals surface area contributed by atoms with E-state index >= 15 is 0 Å². The van der Waals surface area contributed by atoms with Gasteiger partial charge in [0.15, 0.2) is 0 Å². The molecular formula is C15H20N2O5S. The number of amides is 1. The van der Waals surface area contributed by atoms with Crippen LogP contribution in [0.5, 0.6) is 0 Å². The number of nitrogens with one attached hydrogen (secondary N) is 1. The summed E-state index contributed by atoms with van der Waals surface area (Å²) in [4.78, 5) is 25.2. The SMILES string of the molecule is Cc1ccc(C(=O)N2CCC[C@H](C(=O)O)C2)cc1NS(C)(=O)=O.